The molecule has 3 rings (SSSR count). The fourth-order valence-electron chi connectivity index (χ4n) is 3.69. The molecule has 0 aliphatic heterocycles. The quantitative estimate of drug-likeness (QED) is 0.594. The SMILES string of the molecule is Cc1nn(CC(C)C)c(C)c1CC(=O)NNC(=O)c1cc2c(s1)CCCCC2. The van der Waals surface area contributed by atoms with Gasteiger partial charge in [0.2, 0.25) is 5.91 Å². The third-order valence-electron chi connectivity index (χ3n) is 5.19. The van der Waals surface area contributed by atoms with E-state index in [1.165, 1.54) is 29.7 Å². The number of hydrazine groups is 1. The van der Waals surface area contributed by atoms with Gasteiger partial charge < -0.3 is 0 Å². The topological polar surface area (TPSA) is 76.0 Å². The van der Waals surface area contributed by atoms with Gasteiger partial charge >= 0.3 is 0 Å². The van der Waals surface area contributed by atoms with Crippen LogP contribution in [0.3, 0.4) is 0 Å². The fraction of sp³-hybridized carbons (Fsp3) is 0.571. The molecule has 2 N–H and O–H groups in total. The molecule has 2 aromatic heterocycles. The van der Waals surface area contributed by atoms with Gasteiger partial charge in [-0.1, -0.05) is 20.3 Å². The van der Waals surface area contributed by atoms with Gasteiger partial charge in [-0.3, -0.25) is 25.1 Å². The number of rotatable bonds is 5. The van der Waals surface area contributed by atoms with Crippen LogP contribution in [0.5, 0.6) is 0 Å². The first-order valence-corrected chi connectivity index (χ1v) is 10.9. The maximum atomic E-state index is 12.4. The number of carbonyl (C=O) groups excluding carboxylic acids is 2. The number of carbonyl (C=O) groups is 2. The Hall–Kier alpha value is -2.15. The summed E-state index contributed by atoms with van der Waals surface area (Å²) < 4.78 is 1.96. The number of amides is 2. The smallest absolute Gasteiger partial charge is 0.273 e. The predicted octanol–water partition coefficient (Wildman–Crippen LogP) is 3.49. The second-order valence-corrected chi connectivity index (χ2v) is 9.16. The van der Waals surface area contributed by atoms with Crippen LogP contribution in [-0.4, -0.2) is 21.6 Å². The van der Waals surface area contributed by atoms with Gasteiger partial charge in [0.15, 0.2) is 0 Å². The first kappa shape index (κ1) is 20.6. The van der Waals surface area contributed by atoms with E-state index < -0.39 is 0 Å². The van der Waals surface area contributed by atoms with Crippen LogP contribution in [-0.2, 0) is 30.6 Å². The molecule has 2 amide bonds. The lowest BCUT2D eigenvalue weighted by Gasteiger charge is -2.09. The first-order valence-electron chi connectivity index (χ1n) is 10.1. The summed E-state index contributed by atoms with van der Waals surface area (Å²) in [6.07, 6.45) is 5.94. The average Bonchev–Trinajstić information content (AvgIpc) is 3.06. The lowest BCUT2D eigenvalue weighted by Crippen LogP contribution is -2.42. The minimum atomic E-state index is -0.240. The Balaban J connectivity index is 1.57. The van der Waals surface area contributed by atoms with E-state index in [1.807, 2.05) is 24.6 Å². The van der Waals surface area contributed by atoms with Crippen LogP contribution in [0.1, 0.15) is 70.2 Å². The molecular weight excluding hydrogens is 372 g/mol. The third kappa shape index (κ3) is 4.82. The number of aryl methyl sites for hydroxylation is 3. The van der Waals surface area contributed by atoms with Gasteiger partial charge in [0.1, 0.15) is 0 Å². The minimum Gasteiger partial charge on any atom is -0.273 e. The molecule has 0 fully saturated rings. The number of fused-ring (bicyclic) bond motifs is 1. The fourth-order valence-corrected chi connectivity index (χ4v) is 4.83. The summed E-state index contributed by atoms with van der Waals surface area (Å²) >= 11 is 1.55. The predicted molar refractivity (Wildman–Crippen MR) is 111 cm³/mol. The van der Waals surface area contributed by atoms with Crippen LogP contribution in [0, 0.1) is 19.8 Å². The monoisotopic (exact) mass is 402 g/mol. The molecule has 6 nitrogen and oxygen atoms in total. The lowest BCUT2D eigenvalue weighted by molar-refractivity contribution is -0.121. The molecular formula is C21H30N4O2S. The van der Waals surface area contributed by atoms with Gasteiger partial charge in [0, 0.05) is 22.7 Å². The molecule has 0 atom stereocenters. The maximum absolute atomic E-state index is 12.4. The molecule has 0 unspecified atom stereocenters. The van der Waals surface area contributed by atoms with E-state index in [2.05, 4.69) is 29.8 Å². The van der Waals surface area contributed by atoms with Crippen molar-refractivity contribution in [2.75, 3.05) is 0 Å². The van der Waals surface area contributed by atoms with E-state index >= 15 is 0 Å². The molecule has 0 bridgehead atoms. The molecule has 1 aliphatic carbocycles. The van der Waals surface area contributed by atoms with E-state index in [1.54, 1.807) is 11.3 Å². The van der Waals surface area contributed by atoms with Crippen molar-refractivity contribution in [1.29, 1.82) is 0 Å². The van der Waals surface area contributed by atoms with Crippen molar-refractivity contribution in [3.8, 4) is 0 Å². The van der Waals surface area contributed by atoms with E-state index in [0.29, 0.717) is 10.8 Å². The highest BCUT2D eigenvalue weighted by Crippen LogP contribution is 2.28. The molecule has 28 heavy (non-hydrogen) atoms. The zero-order chi connectivity index (χ0) is 20.3. The number of hydrogen-bond donors (Lipinski definition) is 2. The number of nitrogens with zero attached hydrogens (tertiary/aromatic N) is 2. The van der Waals surface area contributed by atoms with E-state index in [-0.39, 0.29) is 18.2 Å². The second kappa shape index (κ2) is 8.90. The van der Waals surface area contributed by atoms with Crippen LogP contribution in [0.4, 0.5) is 0 Å². The number of thiophene rings is 1. The largest absolute Gasteiger partial charge is 0.279 e. The third-order valence-corrected chi connectivity index (χ3v) is 6.43. The first-order chi connectivity index (χ1) is 13.3. The number of hydrogen-bond acceptors (Lipinski definition) is 4. The van der Waals surface area contributed by atoms with Gasteiger partial charge in [-0.2, -0.15) is 5.10 Å². The van der Waals surface area contributed by atoms with Gasteiger partial charge in [-0.05, 0) is 57.1 Å². The van der Waals surface area contributed by atoms with Crippen molar-refractivity contribution >= 4 is 23.2 Å². The van der Waals surface area contributed by atoms with Crippen molar-refractivity contribution in [1.82, 2.24) is 20.6 Å². The minimum absolute atomic E-state index is 0.205. The van der Waals surface area contributed by atoms with Crippen LogP contribution in [0.25, 0.3) is 0 Å². The van der Waals surface area contributed by atoms with Gasteiger partial charge in [0.25, 0.3) is 5.91 Å². The highest BCUT2D eigenvalue weighted by atomic mass is 32.1. The molecule has 0 radical (unpaired) electrons. The molecule has 2 aromatic rings. The Morgan fingerprint density at radius 2 is 1.93 bits per heavy atom. The van der Waals surface area contributed by atoms with Crippen molar-refractivity contribution < 1.29 is 9.59 Å². The van der Waals surface area contributed by atoms with Crippen LogP contribution < -0.4 is 10.9 Å². The molecule has 0 aromatic carbocycles. The van der Waals surface area contributed by atoms with Gasteiger partial charge in [-0.15, -0.1) is 11.3 Å². The summed E-state index contributed by atoms with van der Waals surface area (Å²) in [6.45, 7) is 9.02. The maximum Gasteiger partial charge on any atom is 0.279 e. The van der Waals surface area contributed by atoms with Crippen LogP contribution in [0.2, 0.25) is 0 Å². The normalized spacial score (nSPS) is 13.9. The number of aromatic nitrogens is 2. The highest BCUT2D eigenvalue weighted by Gasteiger charge is 2.18. The molecule has 2 heterocycles. The van der Waals surface area contributed by atoms with E-state index in [4.69, 9.17) is 0 Å². The zero-order valence-electron chi connectivity index (χ0n) is 17.2. The Kier molecular flexibility index (Phi) is 6.54. The van der Waals surface area contributed by atoms with Crippen molar-refractivity contribution in [3.63, 3.8) is 0 Å². The van der Waals surface area contributed by atoms with Gasteiger partial charge in [0.05, 0.1) is 17.0 Å². The standard InChI is InChI=1S/C21H30N4O2S/c1-13(2)12-25-15(4)17(14(3)24-25)11-20(26)22-23-21(27)19-10-16-8-6-5-7-9-18(16)28-19/h10,13H,5-9,11-12H2,1-4H3,(H,22,26)(H,23,27). The van der Waals surface area contributed by atoms with Crippen molar-refractivity contribution in [2.45, 2.75) is 72.8 Å². The number of nitrogens with one attached hydrogen (secondary N) is 2. The summed E-state index contributed by atoms with van der Waals surface area (Å²) in [6, 6.07) is 1.98. The molecule has 0 saturated heterocycles. The summed E-state index contributed by atoms with van der Waals surface area (Å²) in [5.74, 6) is 0.0111. The second-order valence-electron chi connectivity index (χ2n) is 8.02. The lowest BCUT2D eigenvalue weighted by atomic mass is 10.1. The van der Waals surface area contributed by atoms with Crippen LogP contribution >= 0.6 is 11.3 Å². The van der Waals surface area contributed by atoms with E-state index in [9.17, 15) is 9.59 Å². The van der Waals surface area contributed by atoms with Crippen molar-refractivity contribution in [2.24, 2.45) is 5.92 Å². The Bertz CT molecular complexity index is 843. The van der Waals surface area contributed by atoms with Gasteiger partial charge in [-0.25, -0.2) is 0 Å². The zero-order valence-corrected chi connectivity index (χ0v) is 18.0. The summed E-state index contributed by atoms with van der Waals surface area (Å²) in [5, 5.41) is 4.54. The summed E-state index contributed by atoms with van der Waals surface area (Å²) in [7, 11) is 0. The molecule has 1 aliphatic rings. The summed E-state index contributed by atoms with van der Waals surface area (Å²) in [4.78, 5) is 26.8. The molecule has 0 spiro atoms. The molecule has 7 heteroatoms. The highest BCUT2D eigenvalue weighted by molar-refractivity contribution is 7.14. The van der Waals surface area contributed by atoms with E-state index in [0.717, 1.165) is 36.3 Å². The molecule has 0 saturated carbocycles. The molecule has 152 valence electrons. The van der Waals surface area contributed by atoms with Crippen molar-refractivity contribution in [3.05, 3.63) is 38.3 Å². The Morgan fingerprint density at radius 3 is 2.68 bits per heavy atom. The Labute approximate surface area is 170 Å². The summed E-state index contributed by atoms with van der Waals surface area (Å²) in [5.41, 5.74) is 9.22. The average molecular weight is 403 g/mol. The Morgan fingerprint density at radius 1 is 1.18 bits per heavy atom. The van der Waals surface area contributed by atoms with Crippen LogP contribution in [0.15, 0.2) is 6.07 Å².